The third-order valence-electron chi connectivity index (χ3n) is 3.10. The van der Waals surface area contributed by atoms with Crippen molar-refractivity contribution in [3.05, 3.63) is 18.1 Å². The van der Waals surface area contributed by atoms with Crippen LogP contribution in [0.3, 0.4) is 0 Å². The Bertz CT molecular complexity index is 432. The van der Waals surface area contributed by atoms with Crippen LogP contribution in [0, 0.1) is 12.8 Å². The number of carbonyl (C=O) groups is 1. The monoisotopic (exact) mass is 234 g/mol. The third kappa shape index (κ3) is 2.09. The van der Waals surface area contributed by atoms with Gasteiger partial charge in [-0.3, -0.25) is 4.90 Å². The molecule has 1 saturated heterocycles. The van der Waals surface area contributed by atoms with E-state index in [0.29, 0.717) is 17.6 Å². The second-order valence-electron chi connectivity index (χ2n) is 4.81. The number of aromatic nitrogens is 2. The second-order valence-corrected chi connectivity index (χ2v) is 4.81. The molecule has 2 heterocycles. The van der Waals surface area contributed by atoms with Crippen LogP contribution in [0.4, 0.5) is 10.6 Å². The Balaban J connectivity index is 2.37. The fraction of sp³-hybridized carbons (Fsp3) is 0.583. The molecule has 5 nitrogen and oxygen atoms in total. The van der Waals surface area contributed by atoms with Gasteiger partial charge in [0.2, 0.25) is 0 Å². The highest BCUT2D eigenvalue weighted by molar-refractivity contribution is 5.93. The van der Waals surface area contributed by atoms with Gasteiger partial charge in [-0.15, -0.1) is 0 Å². The van der Waals surface area contributed by atoms with E-state index in [1.54, 1.807) is 22.1 Å². The summed E-state index contributed by atoms with van der Waals surface area (Å²) in [6, 6.07) is 1.99. The number of anilines is 1. The van der Waals surface area contributed by atoms with Crippen molar-refractivity contribution in [3.8, 4) is 0 Å². The molecule has 0 bridgehead atoms. The molecule has 2 rings (SSSR count). The number of hydrogen-bond acceptors (Lipinski definition) is 3. The smallest absolute Gasteiger partial charge is 0.325 e. The van der Waals surface area contributed by atoms with Gasteiger partial charge in [-0.1, -0.05) is 13.8 Å². The van der Waals surface area contributed by atoms with Crippen molar-refractivity contribution >= 4 is 11.8 Å². The number of nitrogens with zero attached hydrogens (tertiary/aromatic N) is 4. The molecule has 0 radical (unpaired) electrons. The van der Waals surface area contributed by atoms with Crippen LogP contribution in [0.5, 0.6) is 0 Å². The van der Waals surface area contributed by atoms with Crippen molar-refractivity contribution in [2.24, 2.45) is 5.92 Å². The summed E-state index contributed by atoms with van der Waals surface area (Å²) in [6.45, 7) is 6.83. The predicted molar refractivity (Wildman–Crippen MR) is 65.9 cm³/mol. The van der Waals surface area contributed by atoms with E-state index in [4.69, 9.17) is 0 Å². The summed E-state index contributed by atoms with van der Waals surface area (Å²) >= 11 is 0. The van der Waals surface area contributed by atoms with Gasteiger partial charge in [0.1, 0.15) is 11.6 Å². The molecule has 1 atom stereocenters. The Hall–Kier alpha value is -1.65. The van der Waals surface area contributed by atoms with Gasteiger partial charge in [0, 0.05) is 19.8 Å². The molecule has 0 aliphatic carbocycles. The zero-order chi connectivity index (χ0) is 12.6. The standard InChI is InChI=1S/C12H18N4O/c1-8(2)10-7-15(4)12(17)16(10)11-5-6-13-9(3)14-11/h5-6,8,10H,7H2,1-4H3/t10-/m1/s1. The maximum absolute atomic E-state index is 12.1. The first-order chi connectivity index (χ1) is 8.00. The summed E-state index contributed by atoms with van der Waals surface area (Å²) in [7, 11) is 1.83. The molecule has 0 saturated carbocycles. The normalized spacial score (nSPS) is 20.5. The topological polar surface area (TPSA) is 49.3 Å². The third-order valence-corrected chi connectivity index (χ3v) is 3.10. The Labute approximate surface area is 101 Å². The van der Waals surface area contributed by atoms with Gasteiger partial charge in [-0.05, 0) is 18.9 Å². The Morgan fingerprint density at radius 2 is 2.18 bits per heavy atom. The van der Waals surface area contributed by atoms with Crippen LogP contribution in [0.1, 0.15) is 19.7 Å². The number of amides is 2. The summed E-state index contributed by atoms with van der Waals surface area (Å²) in [5.74, 6) is 1.79. The number of rotatable bonds is 2. The van der Waals surface area contributed by atoms with Gasteiger partial charge in [0.15, 0.2) is 0 Å². The van der Waals surface area contributed by atoms with E-state index in [1.165, 1.54) is 0 Å². The minimum absolute atomic E-state index is 0.0156. The van der Waals surface area contributed by atoms with E-state index in [2.05, 4.69) is 23.8 Å². The average Bonchev–Trinajstić information content (AvgIpc) is 2.56. The van der Waals surface area contributed by atoms with Crippen LogP contribution in [-0.2, 0) is 0 Å². The van der Waals surface area contributed by atoms with E-state index in [9.17, 15) is 4.79 Å². The molecule has 2 amide bonds. The lowest BCUT2D eigenvalue weighted by molar-refractivity contribution is 0.229. The number of carbonyl (C=O) groups excluding carboxylic acids is 1. The number of hydrogen-bond donors (Lipinski definition) is 0. The van der Waals surface area contributed by atoms with Crippen LogP contribution >= 0.6 is 0 Å². The minimum Gasteiger partial charge on any atom is -0.325 e. The minimum atomic E-state index is 0.0156. The first-order valence-electron chi connectivity index (χ1n) is 5.84. The summed E-state index contributed by atoms with van der Waals surface area (Å²) in [6.07, 6.45) is 1.70. The molecule has 1 aliphatic heterocycles. The van der Waals surface area contributed by atoms with Crippen LogP contribution in [-0.4, -0.2) is 40.5 Å². The number of urea groups is 1. The maximum atomic E-state index is 12.1. The van der Waals surface area contributed by atoms with Gasteiger partial charge >= 0.3 is 6.03 Å². The van der Waals surface area contributed by atoms with Gasteiger partial charge in [0.25, 0.3) is 0 Å². The van der Waals surface area contributed by atoms with Crippen LogP contribution in [0.15, 0.2) is 12.3 Å². The first-order valence-corrected chi connectivity index (χ1v) is 5.84. The van der Waals surface area contributed by atoms with Crippen molar-refractivity contribution in [1.29, 1.82) is 0 Å². The van der Waals surface area contributed by atoms with Crippen molar-refractivity contribution in [3.63, 3.8) is 0 Å². The quantitative estimate of drug-likeness (QED) is 0.782. The van der Waals surface area contributed by atoms with E-state index >= 15 is 0 Å². The fourth-order valence-electron chi connectivity index (χ4n) is 2.12. The molecule has 0 N–H and O–H groups in total. The van der Waals surface area contributed by atoms with Gasteiger partial charge in [0.05, 0.1) is 6.04 Å². The Morgan fingerprint density at radius 3 is 2.76 bits per heavy atom. The summed E-state index contributed by atoms with van der Waals surface area (Å²) in [4.78, 5) is 24.0. The summed E-state index contributed by atoms with van der Waals surface area (Å²) < 4.78 is 0. The van der Waals surface area contributed by atoms with Crippen LogP contribution in [0.2, 0.25) is 0 Å². The molecule has 1 fully saturated rings. The fourth-order valence-corrected chi connectivity index (χ4v) is 2.12. The largest absolute Gasteiger partial charge is 0.325 e. The number of aryl methyl sites for hydroxylation is 1. The lowest BCUT2D eigenvalue weighted by Crippen LogP contribution is -2.38. The van der Waals surface area contributed by atoms with Crippen molar-refractivity contribution < 1.29 is 4.79 Å². The van der Waals surface area contributed by atoms with Gasteiger partial charge in [-0.2, -0.15) is 0 Å². The molecule has 92 valence electrons. The zero-order valence-electron chi connectivity index (χ0n) is 10.7. The summed E-state index contributed by atoms with van der Waals surface area (Å²) in [5.41, 5.74) is 0. The maximum Gasteiger partial charge on any atom is 0.325 e. The molecular weight excluding hydrogens is 216 g/mol. The molecule has 0 unspecified atom stereocenters. The lowest BCUT2D eigenvalue weighted by atomic mass is 10.0. The Kier molecular flexibility index (Phi) is 3.00. The average molecular weight is 234 g/mol. The van der Waals surface area contributed by atoms with Crippen molar-refractivity contribution in [1.82, 2.24) is 14.9 Å². The number of likely N-dealkylation sites (N-methyl/N-ethyl adjacent to an activating group) is 1. The molecule has 1 aromatic rings. The zero-order valence-corrected chi connectivity index (χ0v) is 10.7. The van der Waals surface area contributed by atoms with E-state index in [1.807, 2.05) is 14.0 Å². The Morgan fingerprint density at radius 1 is 1.47 bits per heavy atom. The van der Waals surface area contributed by atoms with Gasteiger partial charge in [-0.25, -0.2) is 14.8 Å². The highest BCUT2D eigenvalue weighted by atomic mass is 16.2. The lowest BCUT2D eigenvalue weighted by Gasteiger charge is -2.24. The molecule has 0 spiro atoms. The predicted octanol–water partition coefficient (Wildman–Crippen LogP) is 1.68. The molecule has 5 heteroatoms. The van der Waals surface area contributed by atoms with Gasteiger partial charge < -0.3 is 4.90 Å². The SMILES string of the molecule is Cc1nccc(N2C(=O)N(C)C[C@@H]2C(C)C)n1. The highest BCUT2D eigenvalue weighted by Gasteiger charge is 2.38. The van der Waals surface area contributed by atoms with Crippen LogP contribution < -0.4 is 4.90 Å². The first kappa shape index (κ1) is 11.8. The van der Waals surface area contributed by atoms with E-state index < -0.39 is 0 Å². The highest BCUT2D eigenvalue weighted by Crippen LogP contribution is 2.26. The van der Waals surface area contributed by atoms with Crippen molar-refractivity contribution in [2.75, 3.05) is 18.5 Å². The van der Waals surface area contributed by atoms with E-state index in [-0.39, 0.29) is 12.1 Å². The summed E-state index contributed by atoms with van der Waals surface area (Å²) in [5, 5.41) is 0. The molecule has 1 aliphatic rings. The van der Waals surface area contributed by atoms with E-state index in [0.717, 1.165) is 6.54 Å². The molecule has 0 aromatic carbocycles. The van der Waals surface area contributed by atoms with Crippen LogP contribution in [0.25, 0.3) is 0 Å². The molecule has 1 aromatic heterocycles. The molecular formula is C12H18N4O. The second kappa shape index (κ2) is 4.31. The van der Waals surface area contributed by atoms with Crippen molar-refractivity contribution in [2.45, 2.75) is 26.8 Å². The molecule has 17 heavy (non-hydrogen) atoms.